The molecule has 1 aromatic carbocycles. The number of carbonyl (C=O) groups is 1. The Balaban J connectivity index is 1.82. The molecule has 0 aliphatic carbocycles. The Bertz CT molecular complexity index is 404. The summed E-state index contributed by atoms with van der Waals surface area (Å²) >= 11 is 0. The fraction of sp³-hybridized carbons (Fsp3) is 0.500. The van der Waals surface area contributed by atoms with Gasteiger partial charge in [0.15, 0.2) is 0 Å². The van der Waals surface area contributed by atoms with Gasteiger partial charge in [-0.25, -0.2) is 0 Å². The number of hydrogen-bond donors (Lipinski definition) is 1. The van der Waals surface area contributed by atoms with Gasteiger partial charge in [-0.1, -0.05) is 30.3 Å². The van der Waals surface area contributed by atoms with Crippen molar-refractivity contribution in [2.24, 2.45) is 0 Å². The molecule has 1 N–H and O–H groups in total. The fourth-order valence-corrected chi connectivity index (χ4v) is 2.89. The zero-order chi connectivity index (χ0) is 11.7. The fourth-order valence-electron chi connectivity index (χ4n) is 2.89. The van der Waals surface area contributed by atoms with Crippen LogP contribution in [0, 0.1) is 0 Å². The van der Waals surface area contributed by atoms with Crippen molar-refractivity contribution in [1.82, 2.24) is 10.2 Å². The summed E-state index contributed by atoms with van der Waals surface area (Å²) in [7, 11) is 0. The van der Waals surface area contributed by atoms with E-state index in [1.807, 2.05) is 23.1 Å². The average Bonchev–Trinajstić information content (AvgIpc) is 2.40. The van der Waals surface area contributed by atoms with E-state index in [0.29, 0.717) is 5.91 Å². The van der Waals surface area contributed by atoms with E-state index < -0.39 is 0 Å². The Kier molecular flexibility index (Phi) is 2.85. The van der Waals surface area contributed by atoms with E-state index in [4.69, 9.17) is 0 Å². The number of hydrogen-bond acceptors (Lipinski definition) is 2. The number of nitrogens with one attached hydrogen (secondary N) is 1. The quantitative estimate of drug-likeness (QED) is 0.796. The molecule has 3 heteroatoms. The molecule has 3 nitrogen and oxygen atoms in total. The van der Waals surface area contributed by atoms with Crippen LogP contribution in [0.4, 0.5) is 0 Å². The second-order valence-corrected chi connectivity index (χ2v) is 4.91. The largest absolute Gasteiger partial charge is 0.327 e. The monoisotopic (exact) mass is 230 g/mol. The van der Waals surface area contributed by atoms with E-state index in [2.05, 4.69) is 17.4 Å². The molecule has 0 unspecified atom stereocenters. The minimum Gasteiger partial charge on any atom is -0.327 e. The van der Waals surface area contributed by atoms with Crippen LogP contribution in [0.2, 0.25) is 0 Å². The van der Waals surface area contributed by atoms with Crippen molar-refractivity contribution < 1.29 is 4.79 Å². The van der Waals surface area contributed by atoms with Gasteiger partial charge in [-0.3, -0.25) is 10.1 Å². The molecule has 3 rings (SSSR count). The van der Waals surface area contributed by atoms with Crippen LogP contribution in [0.3, 0.4) is 0 Å². The number of nitrogens with zero attached hydrogens (tertiary/aromatic N) is 1. The number of carbonyl (C=O) groups excluding carboxylic acids is 1. The van der Waals surface area contributed by atoms with E-state index in [9.17, 15) is 4.79 Å². The number of rotatable bonds is 1. The molecule has 0 bridgehead atoms. The molecular formula is C14H18N2O. The van der Waals surface area contributed by atoms with Crippen molar-refractivity contribution in [3.63, 3.8) is 0 Å². The van der Waals surface area contributed by atoms with Gasteiger partial charge in [0.1, 0.15) is 0 Å². The summed E-state index contributed by atoms with van der Waals surface area (Å²) in [6.07, 6.45) is 3.77. The van der Waals surface area contributed by atoms with Crippen LogP contribution in [-0.2, 0) is 4.79 Å². The Hall–Kier alpha value is -1.35. The van der Waals surface area contributed by atoms with Crippen molar-refractivity contribution in [3.05, 3.63) is 35.9 Å². The first-order chi connectivity index (χ1) is 8.36. The minimum absolute atomic E-state index is 0.00514. The van der Waals surface area contributed by atoms with E-state index in [0.717, 1.165) is 31.5 Å². The van der Waals surface area contributed by atoms with Gasteiger partial charge in [-0.05, 0) is 24.8 Å². The first-order valence-corrected chi connectivity index (χ1v) is 6.45. The Morgan fingerprint density at radius 2 is 2.00 bits per heavy atom. The van der Waals surface area contributed by atoms with Crippen LogP contribution in [-0.4, -0.2) is 30.1 Å². The summed E-state index contributed by atoms with van der Waals surface area (Å²) in [5, 5.41) is 3.51. The van der Waals surface area contributed by atoms with Gasteiger partial charge in [0, 0.05) is 13.1 Å². The van der Waals surface area contributed by atoms with Crippen LogP contribution in [0.5, 0.6) is 0 Å². The van der Waals surface area contributed by atoms with Gasteiger partial charge in [0.2, 0.25) is 5.91 Å². The van der Waals surface area contributed by atoms with Crippen LogP contribution in [0.15, 0.2) is 30.3 Å². The molecule has 2 aliphatic heterocycles. The second-order valence-electron chi connectivity index (χ2n) is 4.91. The van der Waals surface area contributed by atoms with E-state index >= 15 is 0 Å². The van der Waals surface area contributed by atoms with Crippen LogP contribution < -0.4 is 5.32 Å². The molecule has 0 aromatic heterocycles. The maximum atomic E-state index is 12.4. The molecular weight excluding hydrogens is 212 g/mol. The molecule has 1 amide bonds. The van der Waals surface area contributed by atoms with Crippen molar-refractivity contribution in [2.45, 2.75) is 31.3 Å². The lowest BCUT2D eigenvalue weighted by atomic mass is 9.92. The summed E-state index contributed by atoms with van der Waals surface area (Å²) < 4.78 is 0. The second kappa shape index (κ2) is 4.49. The molecule has 0 saturated carbocycles. The number of amides is 1. The Morgan fingerprint density at radius 1 is 1.18 bits per heavy atom. The SMILES string of the molecule is O=C1[C@H](c2ccccc2)CN[C@H]2CCCCN12. The molecule has 2 heterocycles. The Morgan fingerprint density at radius 3 is 2.82 bits per heavy atom. The predicted octanol–water partition coefficient (Wildman–Crippen LogP) is 1.71. The smallest absolute Gasteiger partial charge is 0.232 e. The normalized spacial score (nSPS) is 28.9. The molecule has 2 saturated heterocycles. The topological polar surface area (TPSA) is 32.3 Å². The highest BCUT2D eigenvalue weighted by atomic mass is 16.2. The average molecular weight is 230 g/mol. The maximum Gasteiger partial charge on any atom is 0.232 e. The third-order valence-corrected chi connectivity index (χ3v) is 3.84. The van der Waals surface area contributed by atoms with Gasteiger partial charge in [0.25, 0.3) is 0 Å². The molecule has 0 spiro atoms. The Labute approximate surface area is 102 Å². The highest BCUT2D eigenvalue weighted by Crippen LogP contribution is 2.26. The van der Waals surface area contributed by atoms with E-state index in [1.165, 1.54) is 6.42 Å². The van der Waals surface area contributed by atoms with Gasteiger partial charge in [-0.15, -0.1) is 0 Å². The minimum atomic E-state index is 0.00514. The maximum absolute atomic E-state index is 12.4. The van der Waals surface area contributed by atoms with Crippen LogP contribution in [0.25, 0.3) is 0 Å². The molecule has 17 heavy (non-hydrogen) atoms. The van der Waals surface area contributed by atoms with Crippen molar-refractivity contribution in [1.29, 1.82) is 0 Å². The molecule has 2 aliphatic rings. The highest BCUT2D eigenvalue weighted by Gasteiger charge is 2.36. The van der Waals surface area contributed by atoms with Gasteiger partial charge < -0.3 is 4.90 Å². The van der Waals surface area contributed by atoms with Crippen molar-refractivity contribution in [3.8, 4) is 0 Å². The number of benzene rings is 1. The number of fused-ring (bicyclic) bond motifs is 1. The zero-order valence-electron chi connectivity index (χ0n) is 9.93. The predicted molar refractivity (Wildman–Crippen MR) is 66.5 cm³/mol. The van der Waals surface area contributed by atoms with Crippen LogP contribution in [0.1, 0.15) is 30.7 Å². The molecule has 90 valence electrons. The summed E-state index contributed by atoms with van der Waals surface area (Å²) in [5.74, 6) is 0.310. The number of piperidine rings is 1. The third-order valence-electron chi connectivity index (χ3n) is 3.84. The first-order valence-electron chi connectivity index (χ1n) is 6.45. The van der Waals surface area contributed by atoms with Crippen LogP contribution >= 0.6 is 0 Å². The molecule has 2 atom stereocenters. The van der Waals surface area contributed by atoms with Crippen molar-refractivity contribution in [2.75, 3.05) is 13.1 Å². The molecule has 1 aromatic rings. The highest BCUT2D eigenvalue weighted by molar-refractivity contribution is 5.85. The standard InChI is InChI=1S/C14H18N2O/c17-14-12(11-6-2-1-3-7-11)10-15-13-8-4-5-9-16(13)14/h1-3,6-7,12-13,15H,4-5,8-10H2/t12-,13+/m0/s1. The van der Waals surface area contributed by atoms with Gasteiger partial charge in [-0.2, -0.15) is 0 Å². The summed E-state index contributed by atoms with van der Waals surface area (Å²) in [6.45, 7) is 1.70. The lowest BCUT2D eigenvalue weighted by molar-refractivity contribution is -0.140. The lowest BCUT2D eigenvalue weighted by Crippen LogP contribution is -2.59. The summed E-state index contributed by atoms with van der Waals surface area (Å²) in [5.41, 5.74) is 1.13. The first kappa shape index (κ1) is 10.8. The summed E-state index contributed by atoms with van der Waals surface area (Å²) in [6, 6.07) is 10.1. The molecule has 0 radical (unpaired) electrons. The van der Waals surface area contributed by atoms with Gasteiger partial charge in [0.05, 0.1) is 12.1 Å². The molecule has 2 fully saturated rings. The third kappa shape index (κ3) is 1.95. The zero-order valence-corrected chi connectivity index (χ0v) is 9.93. The summed E-state index contributed by atoms with van der Waals surface area (Å²) in [4.78, 5) is 14.5. The van der Waals surface area contributed by atoms with Gasteiger partial charge >= 0.3 is 0 Å². The lowest BCUT2D eigenvalue weighted by Gasteiger charge is -2.43. The van der Waals surface area contributed by atoms with E-state index in [1.54, 1.807) is 0 Å². The van der Waals surface area contributed by atoms with E-state index in [-0.39, 0.29) is 12.1 Å². The van der Waals surface area contributed by atoms with Crippen molar-refractivity contribution >= 4 is 5.91 Å².